The molecule has 0 radical (unpaired) electrons. The lowest BCUT2D eigenvalue weighted by Gasteiger charge is -2.14. The molecule has 0 atom stereocenters. The van der Waals surface area contributed by atoms with Gasteiger partial charge < -0.3 is 8.37 Å². The fraction of sp³-hybridized carbons (Fsp3) is 0. The number of halogens is 4. The molecule has 0 bridgehead atoms. The fourth-order valence-corrected chi connectivity index (χ4v) is 10.2. The van der Waals surface area contributed by atoms with E-state index in [4.69, 9.17) is 8.37 Å². The summed E-state index contributed by atoms with van der Waals surface area (Å²) in [7, 11) is -12.6. The minimum absolute atomic E-state index is 0.0574. The predicted octanol–water partition coefficient (Wildman–Crippen LogP) is 7.10. The molecule has 0 N–H and O–H groups in total. The van der Waals surface area contributed by atoms with Crippen molar-refractivity contribution >= 4 is 93.8 Å². The summed E-state index contributed by atoms with van der Waals surface area (Å²) in [6.45, 7) is 0. The largest absolute Gasteiger partial charge is 0.377 e. The number of hydrogen-bond donors (Lipinski definition) is 0. The molecule has 0 saturated heterocycles. The maximum atomic E-state index is 13.5. The van der Waals surface area contributed by atoms with Crippen LogP contribution >= 0.6 is 63.7 Å². The summed E-state index contributed by atoms with van der Waals surface area (Å²) in [6.07, 6.45) is 0. The number of rotatable bonds is 8. The lowest BCUT2D eigenvalue weighted by molar-refractivity contribution is 0.481. The van der Waals surface area contributed by atoms with Gasteiger partial charge in [-0.25, -0.2) is 8.42 Å². The maximum Gasteiger partial charge on any atom is 0.339 e. The molecule has 8 nitrogen and oxygen atoms in total. The molecule has 0 spiro atoms. The second-order valence-corrected chi connectivity index (χ2v) is 16.1. The van der Waals surface area contributed by atoms with E-state index >= 15 is 0 Å². The molecule has 204 valence electrons. The van der Waals surface area contributed by atoms with Gasteiger partial charge in [-0.05, 0) is 112 Å². The third-order valence-corrected chi connectivity index (χ3v) is 11.6. The minimum atomic E-state index is -4.19. The number of hydrogen-bond acceptors (Lipinski definition) is 8. The van der Waals surface area contributed by atoms with Crippen LogP contribution in [-0.4, -0.2) is 25.3 Å². The van der Waals surface area contributed by atoms with Gasteiger partial charge >= 0.3 is 20.2 Å². The summed E-state index contributed by atoms with van der Waals surface area (Å²) in [5.41, 5.74) is 0. The molecule has 4 aromatic carbocycles. The predicted molar refractivity (Wildman–Crippen MR) is 158 cm³/mol. The highest BCUT2D eigenvalue weighted by Crippen LogP contribution is 2.42. The van der Waals surface area contributed by atoms with Crippen LogP contribution in [-0.2, 0) is 30.1 Å². The first-order valence-corrected chi connectivity index (χ1v) is 17.9. The molecule has 0 fully saturated rings. The van der Waals surface area contributed by atoms with Crippen LogP contribution in [0.15, 0.2) is 122 Å². The van der Waals surface area contributed by atoms with Crippen LogP contribution in [0.1, 0.15) is 0 Å². The zero-order chi connectivity index (χ0) is 28.6. The molecule has 0 aliphatic rings. The van der Waals surface area contributed by atoms with E-state index in [1.165, 1.54) is 48.5 Å². The Morgan fingerprint density at radius 2 is 0.718 bits per heavy atom. The van der Waals surface area contributed by atoms with E-state index in [2.05, 4.69) is 63.7 Å². The van der Waals surface area contributed by atoms with E-state index in [1.54, 1.807) is 36.4 Å². The fourth-order valence-electron chi connectivity index (χ4n) is 3.17. The zero-order valence-corrected chi connectivity index (χ0v) is 27.9. The molecule has 4 rings (SSSR count). The van der Waals surface area contributed by atoms with Gasteiger partial charge in [-0.3, -0.25) is 0 Å². The third kappa shape index (κ3) is 6.60. The second-order valence-electron chi connectivity index (χ2n) is 7.64. The van der Waals surface area contributed by atoms with Crippen molar-refractivity contribution in [2.75, 3.05) is 0 Å². The average molecular weight is 846 g/mol. The van der Waals surface area contributed by atoms with Gasteiger partial charge in [0.25, 0.3) is 0 Å². The molecule has 0 aromatic heterocycles. The van der Waals surface area contributed by atoms with Gasteiger partial charge in [-0.2, -0.15) is 16.8 Å². The summed E-state index contributed by atoms with van der Waals surface area (Å²) in [5.74, 6) is -0.287. The molecule has 15 heteroatoms. The van der Waals surface area contributed by atoms with E-state index in [1.807, 2.05) is 0 Å². The van der Waals surface area contributed by atoms with Crippen molar-refractivity contribution in [3.63, 3.8) is 0 Å². The number of benzene rings is 4. The van der Waals surface area contributed by atoms with Crippen LogP contribution in [0.3, 0.4) is 0 Å². The average Bonchev–Trinajstić information content (AvgIpc) is 2.89. The summed E-state index contributed by atoms with van der Waals surface area (Å²) in [4.78, 5) is -0.552. The van der Waals surface area contributed by atoms with Crippen molar-refractivity contribution in [3.05, 3.63) is 103 Å². The Kier molecular flexibility index (Phi) is 9.01. The quantitative estimate of drug-likeness (QED) is 0.172. The molecule has 0 aliphatic carbocycles. The minimum Gasteiger partial charge on any atom is -0.377 e. The second kappa shape index (κ2) is 11.6. The molecular weight excluding hydrogens is 832 g/mol. The topological polar surface area (TPSA) is 121 Å². The maximum absolute atomic E-state index is 13.5. The van der Waals surface area contributed by atoms with Gasteiger partial charge in [0, 0.05) is 0 Å². The highest BCUT2D eigenvalue weighted by atomic mass is 79.9. The van der Waals surface area contributed by atoms with E-state index in [9.17, 15) is 25.3 Å². The first-order valence-electron chi connectivity index (χ1n) is 10.4. The van der Waals surface area contributed by atoms with Crippen molar-refractivity contribution < 1.29 is 33.6 Å². The molecule has 4 aromatic rings. The van der Waals surface area contributed by atoms with Gasteiger partial charge in [0.1, 0.15) is 9.79 Å². The van der Waals surface area contributed by atoms with E-state index < -0.39 is 30.1 Å². The normalized spacial score (nSPS) is 12.2. The van der Waals surface area contributed by atoms with Crippen LogP contribution in [0.2, 0.25) is 0 Å². The van der Waals surface area contributed by atoms with Crippen molar-refractivity contribution in [2.45, 2.75) is 19.6 Å². The lowest BCUT2D eigenvalue weighted by Crippen LogP contribution is -2.11. The van der Waals surface area contributed by atoms with Crippen molar-refractivity contribution in [2.24, 2.45) is 0 Å². The molecule has 0 aliphatic heterocycles. The smallest absolute Gasteiger partial charge is 0.339 e. The van der Waals surface area contributed by atoms with Gasteiger partial charge in [-0.15, -0.1) is 0 Å². The third-order valence-electron chi connectivity index (χ3n) is 5.01. The zero-order valence-electron chi connectivity index (χ0n) is 19.1. The highest BCUT2D eigenvalue weighted by Gasteiger charge is 2.27. The Morgan fingerprint density at radius 3 is 1.00 bits per heavy atom. The van der Waals surface area contributed by atoms with Crippen LogP contribution in [0.25, 0.3) is 0 Å². The lowest BCUT2D eigenvalue weighted by atomic mass is 10.3. The van der Waals surface area contributed by atoms with Gasteiger partial charge in [-0.1, -0.05) is 36.4 Å². The Hall–Kier alpha value is -1.75. The first-order chi connectivity index (χ1) is 18.2. The van der Waals surface area contributed by atoms with Crippen LogP contribution < -0.4 is 8.37 Å². The number of sulfone groups is 1. The van der Waals surface area contributed by atoms with E-state index in [-0.39, 0.29) is 49.0 Å². The monoisotopic (exact) mass is 842 g/mol. The van der Waals surface area contributed by atoms with E-state index in [0.717, 1.165) is 0 Å². The van der Waals surface area contributed by atoms with Crippen LogP contribution in [0, 0.1) is 0 Å². The highest BCUT2D eigenvalue weighted by molar-refractivity contribution is 9.11. The summed E-state index contributed by atoms with van der Waals surface area (Å²) >= 11 is 12.8. The Balaban J connectivity index is 1.68. The van der Waals surface area contributed by atoms with Gasteiger partial charge in [0.15, 0.2) is 11.5 Å². The summed E-state index contributed by atoms with van der Waals surface area (Å²) in [6, 6.07) is 19.7. The summed E-state index contributed by atoms with van der Waals surface area (Å²) in [5, 5.41) is 0. The molecule has 0 unspecified atom stereocenters. The standard InChI is InChI=1S/C24H14Br4O8S3/c25-19-11-17(12-20(26)23(19)35-38(31,32)15-7-3-1-4-8-15)37(29,30)18-13-21(27)24(22(28)14-18)36-39(33,34)16-9-5-2-6-10-16/h1-14H. The first kappa shape index (κ1) is 30.2. The van der Waals surface area contributed by atoms with Crippen molar-refractivity contribution in [1.29, 1.82) is 0 Å². The van der Waals surface area contributed by atoms with E-state index in [0.29, 0.717) is 0 Å². The molecule has 0 amide bonds. The molecule has 0 heterocycles. The Labute approximate surface area is 259 Å². The molecule has 39 heavy (non-hydrogen) atoms. The Bertz CT molecular complexity index is 1700. The van der Waals surface area contributed by atoms with Crippen molar-refractivity contribution in [3.8, 4) is 11.5 Å². The van der Waals surface area contributed by atoms with Gasteiger partial charge in [0.05, 0.1) is 27.7 Å². The SMILES string of the molecule is O=S(=O)(Oc1c(Br)cc(S(=O)(=O)c2cc(Br)c(OS(=O)(=O)c3ccccc3)c(Br)c2)cc1Br)c1ccccc1. The van der Waals surface area contributed by atoms with Crippen LogP contribution in [0.5, 0.6) is 11.5 Å². The summed E-state index contributed by atoms with van der Waals surface area (Å²) < 4.78 is 88.3. The Morgan fingerprint density at radius 1 is 0.436 bits per heavy atom. The van der Waals surface area contributed by atoms with Crippen molar-refractivity contribution in [1.82, 2.24) is 0 Å². The van der Waals surface area contributed by atoms with Gasteiger partial charge in [0.2, 0.25) is 9.84 Å². The molecule has 0 saturated carbocycles. The van der Waals surface area contributed by atoms with Crippen LogP contribution in [0.4, 0.5) is 0 Å². The molecular formula is C24H14Br4O8S3.